The Morgan fingerprint density at radius 1 is 1.13 bits per heavy atom. The lowest BCUT2D eigenvalue weighted by Gasteiger charge is -2.20. The predicted octanol–water partition coefficient (Wildman–Crippen LogP) is 1.55. The van der Waals surface area contributed by atoms with E-state index in [-0.39, 0.29) is 12.1 Å². The van der Waals surface area contributed by atoms with Gasteiger partial charge in [-0.15, -0.1) is 0 Å². The second-order valence-corrected chi connectivity index (χ2v) is 7.62. The lowest BCUT2D eigenvalue weighted by Crippen LogP contribution is -3.09. The number of rotatable bonds is 3. The number of hydrogen-bond donors (Lipinski definition) is 1. The first-order valence-corrected chi connectivity index (χ1v) is 9.25. The molecule has 2 heterocycles. The number of nitrogens with one attached hydrogen (secondary N) is 1. The summed E-state index contributed by atoms with van der Waals surface area (Å²) >= 11 is 3.45. The van der Waals surface area contributed by atoms with Gasteiger partial charge in [-0.2, -0.15) is 4.99 Å². The van der Waals surface area contributed by atoms with Crippen LogP contribution in [-0.2, 0) is 0 Å². The summed E-state index contributed by atoms with van der Waals surface area (Å²) in [5, 5.41) is 12.2. The molecule has 0 saturated carbocycles. The van der Waals surface area contributed by atoms with Crippen molar-refractivity contribution in [3.8, 4) is 0 Å². The van der Waals surface area contributed by atoms with E-state index in [1.165, 1.54) is 21.2 Å². The quantitative estimate of drug-likeness (QED) is 0.918. The molecule has 0 spiro atoms. The van der Waals surface area contributed by atoms with Gasteiger partial charge in [0.05, 0.1) is 17.1 Å². The largest absolute Gasteiger partial charge is 0.850 e. The Labute approximate surface area is 144 Å². The van der Waals surface area contributed by atoms with Crippen molar-refractivity contribution in [2.24, 2.45) is 4.99 Å². The van der Waals surface area contributed by atoms with Crippen LogP contribution in [0.15, 0.2) is 63.3 Å². The number of quaternary nitrogens is 1. The zero-order chi connectivity index (χ0) is 15.8. The topological polar surface area (TPSA) is 43.1 Å². The van der Waals surface area contributed by atoms with Crippen molar-refractivity contribution in [2.45, 2.75) is 15.3 Å². The Kier molecular flexibility index (Phi) is 4.07. The molecule has 4 nitrogen and oxygen atoms in total. The van der Waals surface area contributed by atoms with Crippen LogP contribution in [0.4, 0.5) is 11.4 Å². The number of anilines is 1. The first-order valence-electron chi connectivity index (χ1n) is 7.56. The third-order valence-corrected chi connectivity index (χ3v) is 6.42. The average molecular weight is 343 g/mol. The van der Waals surface area contributed by atoms with Crippen molar-refractivity contribution in [2.75, 3.05) is 25.1 Å². The van der Waals surface area contributed by atoms with Gasteiger partial charge in [-0.3, -0.25) is 0 Å². The number of amidine groups is 1. The van der Waals surface area contributed by atoms with Gasteiger partial charge < -0.3 is 10.0 Å². The molecule has 118 valence electrons. The van der Waals surface area contributed by atoms with Crippen LogP contribution in [0.25, 0.3) is 0 Å². The highest BCUT2D eigenvalue weighted by Gasteiger charge is 2.35. The second kappa shape index (κ2) is 6.20. The molecular formula is C17H17N3OS2. The van der Waals surface area contributed by atoms with Gasteiger partial charge in [0.2, 0.25) is 0 Å². The molecule has 2 aromatic carbocycles. The highest BCUT2D eigenvalue weighted by atomic mass is 32.2. The maximum Gasteiger partial charge on any atom is 0.270 e. The fourth-order valence-electron chi connectivity index (χ4n) is 2.91. The van der Waals surface area contributed by atoms with Crippen LogP contribution in [0, 0.1) is 0 Å². The van der Waals surface area contributed by atoms with Gasteiger partial charge in [0.25, 0.3) is 5.17 Å². The van der Waals surface area contributed by atoms with E-state index in [1.54, 1.807) is 23.5 Å². The van der Waals surface area contributed by atoms with Gasteiger partial charge in [0.15, 0.2) is 11.2 Å². The van der Waals surface area contributed by atoms with Crippen molar-refractivity contribution in [3.63, 3.8) is 0 Å². The molecular weight excluding hydrogens is 326 g/mol. The summed E-state index contributed by atoms with van der Waals surface area (Å²) in [5.74, 6) is 0. The molecule has 0 bridgehead atoms. The van der Waals surface area contributed by atoms with Crippen LogP contribution >= 0.6 is 23.5 Å². The Morgan fingerprint density at radius 2 is 1.87 bits per heavy atom. The Bertz CT molecular complexity index is 765. The minimum atomic E-state index is -0.100. The number of nitrogens with zero attached hydrogens (tertiary/aromatic N) is 2. The number of benzene rings is 2. The van der Waals surface area contributed by atoms with Crippen LogP contribution in [0.1, 0.15) is 0 Å². The molecule has 0 saturated heterocycles. The minimum Gasteiger partial charge on any atom is -0.850 e. The summed E-state index contributed by atoms with van der Waals surface area (Å²) in [4.78, 5) is 10.7. The van der Waals surface area contributed by atoms with E-state index in [0.29, 0.717) is 6.54 Å². The van der Waals surface area contributed by atoms with Gasteiger partial charge in [-0.25, -0.2) is 4.90 Å². The third-order valence-electron chi connectivity index (χ3n) is 4.07. The van der Waals surface area contributed by atoms with Crippen molar-refractivity contribution < 1.29 is 10.0 Å². The molecule has 2 aliphatic heterocycles. The second-order valence-electron chi connectivity index (χ2n) is 5.49. The summed E-state index contributed by atoms with van der Waals surface area (Å²) < 4.78 is 0. The van der Waals surface area contributed by atoms with Crippen molar-refractivity contribution in [1.29, 1.82) is 0 Å². The van der Waals surface area contributed by atoms with E-state index in [9.17, 15) is 5.11 Å². The van der Waals surface area contributed by atoms with E-state index in [1.807, 2.05) is 12.1 Å². The molecule has 0 radical (unpaired) electrons. The molecule has 23 heavy (non-hydrogen) atoms. The molecule has 0 amide bonds. The Hall–Kier alpha value is -1.47. The first-order chi connectivity index (χ1) is 11.3. The van der Waals surface area contributed by atoms with Gasteiger partial charge in [0.1, 0.15) is 0 Å². The number of thioether (sulfide) groups is 2. The maximum absolute atomic E-state index is 11.2. The number of para-hydroxylation sites is 2. The fraction of sp³-hybridized carbons (Fsp3) is 0.235. The number of hydrogen-bond acceptors (Lipinski definition) is 5. The summed E-state index contributed by atoms with van der Waals surface area (Å²) in [5.41, 5.74) is 2.43. The van der Waals surface area contributed by atoms with Crippen LogP contribution in [0.3, 0.4) is 0 Å². The van der Waals surface area contributed by atoms with Crippen molar-refractivity contribution >= 4 is 40.1 Å². The number of fused-ring (bicyclic) bond motifs is 2. The first kappa shape index (κ1) is 15.1. The molecule has 1 N–H and O–H groups in total. The smallest absolute Gasteiger partial charge is 0.270 e. The standard InChI is InChI=1S/C17H16N3OS2/c1-19-12-6-2-4-8-14(12)22-16(19)18-17-20(10-11-21)13-7-3-5-9-15(13)23-17/h2-9,16H,10-11H2,1H3/q-1/p+1/b18-17-. The Balaban J connectivity index is 1.65. The summed E-state index contributed by atoms with van der Waals surface area (Å²) in [6, 6.07) is 16.6. The lowest BCUT2D eigenvalue weighted by atomic mass is 10.3. The van der Waals surface area contributed by atoms with E-state index >= 15 is 0 Å². The average Bonchev–Trinajstić information content (AvgIpc) is 3.08. The zero-order valence-electron chi connectivity index (χ0n) is 12.7. The summed E-state index contributed by atoms with van der Waals surface area (Å²) in [6.45, 7) is 0.439. The molecule has 0 fully saturated rings. The summed E-state index contributed by atoms with van der Waals surface area (Å²) in [6.07, 6.45) is 0. The summed E-state index contributed by atoms with van der Waals surface area (Å²) in [7, 11) is 2.08. The van der Waals surface area contributed by atoms with E-state index in [2.05, 4.69) is 48.3 Å². The zero-order valence-corrected chi connectivity index (χ0v) is 14.4. The molecule has 2 atom stereocenters. The van der Waals surface area contributed by atoms with Crippen molar-refractivity contribution in [1.82, 2.24) is 0 Å². The third kappa shape index (κ3) is 2.65. The van der Waals surface area contributed by atoms with Crippen molar-refractivity contribution in [3.05, 3.63) is 48.5 Å². The monoisotopic (exact) mass is 343 g/mol. The molecule has 6 heteroatoms. The molecule has 4 rings (SSSR count). The van der Waals surface area contributed by atoms with Gasteiger partial charge in [-0.05, 0) is 30.0 Å². The SMILES string of the molecule is CN1c2ccccc2SC1/N=C1\Sc2ccccc2[NH+]1CC[O-]. The maximum atomic E-state index is 11.2. The van der Waals surface area contributed by atoms with E-state index < -0.39 is 0 Å². The molecule has 2 aliphatic rings. The van der Waals surface area contributed by atoms with Crippen LogP contribution in [-0.4, -0.2) is 30.9 Å². The molecule has 2 aromatic rings. The predicted molar refractivity (Wildman–Crippen MR) is 94.6 cm³/mol. The van der Waals surface area contributed by atoms with Gasteiger partial charge in [-0.1, -0.05) is 42.6 Å². The van der Waals surface area contributed by atoms with Gasteiger partial charge >= 0.3 is 0 Å². The molecule has 0 aromatic heterocycles. The van der Waals surface area contributed by atoms with Crippen LogP contribution < -0.4 is 14.9 Å². The van der Waals surface area contributed by atoms with Crippen LogP contribution in [0.5, 0.6) is 0 Å². The van der Waals surface area contributed by atoms with Gasteiger partial charge in [0, 0.05) is 18.0 Å². The molecule has 2 unspecified atom stereocenters. The van der Waals surface area contributed by atoms with E-state index in [4.69, 9.17) is 4.99 Å². The van der Waals surface area contributed by atoms with Crippen LogP contribution in [0.2, 0.25) is 0 Å². The van der Waals surface area contributed by atoms with E-state index in [0.717, 1.165) is 10.1 Å². The lowest BCUT2D eigenvalue weighted by molar-refractivity contribution is -0.738. The number of aliphatic imine (C=N–C) groups is 1. The Morgan fingerprint density at radius 3 is 2.65 bits per heavy atom. The minimum absolute atomic E-state index is 0.0332. The molecule has 0 aliphatic carbocycles. The fourth-order valence-corrected chi connectivity index (χ4v) is 5.26. The normalized spacial score (nSPS) is 24.1. The highest BCUT2D eigenvalue weighted by Crippen LogP contribution is 2.43. The highest BCUT2D eigenvalue weighted by molar-refractivity contribution is 8.13.